The summed E-state index contributed by atoms with van der Waals surface area (Å²) in [6.07, 6.45) is 11.8. The molecule has 3 aliphatic rings. The summed E-state index contributed by atoms with van der Waals surface area (Å²) >= 11 is 0. The van der Waals surface area contributed by atoms with Crippen LogP contribution < -0.4 is 0 Å². The summed E-state index contributed by atoms with van der Waals surface area (Å²) in [5.41, 5.74) is 0. The van der Waals surface area contributed by atoms with Gasteiger partial charge >= 0.3 is 0 Å². The standard InChI is InChI=1S/C21H36N2O3/c1-22(13-10-17-11-14-26-15-12-17)21(25)18-8-9-20(24)23(16-18)19-6-4-2-3-5-7-19/h17-19H,2-16H2,1H3/t18-/m0/s1. The summed E-state index contributed by atoms with van der Waals surface area (Å²) < 4.78 is 5.42. The highest BCUT2D eigenvalue weighted by Crippen LogP contribution is 2.28. The number of hydrogen-bond donors (Lipinski definition) is 0. The Bertz CT molecular complexity index is 468. The maximum absolute atomic E-state index is 12.9. The van der Waals surface area contributed by atoms with Gasteiger partial charge in [0.2, 0.25) is 11.8 Å². The maximum Gasteiger partial charge on any atom is 0.227 e. The molecule has 0 N–H and O–H groups in total. The Kier molecular flexibility index (Phi) is 7.35. The summed E-state index contributed by atoms with van der Waals surface area (Å²) in [6, 6.07) is 0.369. The molecule has 5 heteroatoms. The highest BCUT2D eigenvalue weighted by molar-refractivity contribution is 5.84. The van der Waals surface area contributed by atoms with Crippen LogP contribution in [0.2, 0.25) is 0 Å². The molecule has 0 radical (unpaired) electrons. The average molecular weight is 365 g/mol. The molecule has 2 saturated heterocycles. The fourth-order valence-corrected chi connectivity index (χ4v) is 4.83. The topological polar surface area (TPSA) is 49.9 Å². The lowest BCUT2D eigenvalue weighted by Crippen LogP contribution is -2.50. The van der Waals surface area contributed by atoms with Gasteiger partial charge in [0.25, 0.3) is 0 Å². The van der Waals surface area contributed by atoms with E-state index in [2.05, 4.69) is 4.90 Å². The second kappa shape index (κ2) is 9.72. The third-order valence-electron chi connectivity index (χ3n) is 6.65. The van der Waals surface area contributed by atoms with Crippen molar-refractivity contribution in [2.75, 3.05) is 33.4 Å². The number of likely N-dealkylation sites (tertiary alicyclic amines) is 1. The van der Waals surface area contributed by atoms with E-state index in [1.54, 1.807) is 0 Å². The van der Waals surface area contributed by atoms with E-state index in [0.717, 1.165) is 58.3 Å². The van der Waals surface area contributed by atoms with Crippen LogP contribution in [0.5, 0.6) is 0 Å². The molecular formula is C21H36N2O3. The van der Waals surface area contributed by atoms with Gasteiger partial charge in [-0.25, -0.2) is 0 Å². The van der Waals surface area contributed by atoms with Crippen molar-refractivity contribution < 1.29 is 14.3 Å². The third-order valence-corrected chi connectivity index (χ3v) is 6.65. The Morgan fingerprint density at radius 2 is 1.77 bits per heavy atom. The molecule has 5 nitrogen and oxygen atoms in total. The summed E-state index contributed by atoms with van der Waals surface area (Å²) in [7, 11) is 1.94. The van der Waals surface area contributed by atoms with E-state index in [-0.39, 0.29) is 17.7 Å². The van der Waals surface area contributed by atoms with Gasteiger partial charge in [0.15, 0.2) is 0 Å². The Hall–Kier alpha value is -1.10. The van der Waals surface area contributed by atoms with Crippen molar-refractivity contribution in [2.45, 2.75) is 76.7 Å². The fourth-order valence-electron chi connectivity index (χ4n) is 4.83. The minimum Gasteiger partial charge on any atom is -0.381 e. The van der Waals surface area contributed by atoms with Crippen molar-refractivity contribution >= 4 is 11.8 Å². The first-order valence-electron chi connectivity index (χ1n) is 10.8. The Labute approximate surface area is 158 Å². The number of amides is 2. The lowest BCUT2D eigenvalue weighted by molar-refractivity contribution is -0.144. The molecule has 0 unspecified atom stereocenters. The summed E-state index contributed by atoms with van der Waals surface area (Å²) in [5.74, 6) is 1.19. The quantitative estimate of drug-likeness (QED) is 0.704. The second-order valence-electron chi connectivity index (χ2n) is 8.53. The summed E-state index contributed by atoms with van der Waals surface area (Å²) in [5, 5.41) is 0. The molecule has 2 heterocycles. The molecule has 0 aromatic rings. The van der Waals surface area contributed by atoms with Gasteiger partial charge in [0.05, 0.1) is 5.92 Å². The van der Waals surface area contributed by atoms with Crippen molar-refractivity contribution in [1.82, 2.24) is 9.80 Å². The Morgan fingerprint density at radius 1 is 1.08 bits per heavy atom. The molecule has 1 aliphatic carbocycles. The maximum atomic E-state index is 12.9. The molecule has 2 aliphatic heterocycles. The van der Waals surface area contributed by atoms with Gasteiger partial charge in [-0.05, 0) is 44.4 Å². The van der Waals surface area contributed by atoms with E-state index in [1.807, 2.05) is 11.9 Å². The van der Waals surface area contributed by atoms with Crippen molar-refractivity contribution in [3.05, 3.63) is 0 Å². The monoisotopic (exact) mass is 364 g/mol. The zero-order valence-corrected chi connectivity index (χ0v) is 16.5. The first-order valence-corrected chi connectivity index (χ1v) is 10.8. The van der Waals surface area contributed by atoms with E-state index in [9.17, 15) is 9.59 Å². The fraction of sp³-hybridized carbons (Fsp3) is 0.905. The SMILES string of the molecule is CN(CCC1CCOCC1)C(=O)[C@H]1CCC(=O)N(C2CCCCCC2)C1. The molecule has 2 amide bonds. The molecule has 26 heavy (non-hydrogen) atoms. The number of piperidine rings is 1. The van der Waals surface area contributed by atoms with Crippen LogP contribution in [0.4, 0.5) is 0 Å². The normalized spacial score (nSPS) is 26.6. The van der Waals surface area contributed by atoms with Crippen molar-refractivity contribution in [3.8, 4) is 0 Å². The van der Waals surface area contributed by atoms with Crippen molar-refractivity contribution in [1.29, 1.82) is 0 Å². The van der Waals surface area contributed by atoms with Gasteiger partial charge in [-0.1, -0.05) is 25.7 Å². The van der Waals surface area contributed by atoms with E-state index in [4.69, 9.17) is 4.74 Å². The molecule has 0 aromatic heterocycles. The second-order valence-corrected chi connectivity index (χ2v) is 8.53. The lowest BCUT2D eigenvalue weighted by atomic mass is 9.92. The highest BCUT2D eigenvalue weighted by Gasteiger charge is 2.35. The molecule has 0 aromatic carbocycles. The lowest BCUT2D eigenvalue weighted by Gasteiger charge is -2.38. The minimum atomic E-state index is -0.00403. The first-order chi connectivity index (χ1) is 12.6. The van der Waals surface area contributed by atoms with Gasteiger partial charge in [-0.2, -0.15) is 0 Å². The van der Waals surface area contributed by atoms with Crippen LogP contribution in [0, 0.1) is 11.8 Å². The average Bonchev–Trinajstić information content (AvgIpc) is 2.96. The van der Waals surface area contributed by atoms with Crippen molar-refractivity contribution in [3.63, 3.8) is 0 Å². The molecule has 148 valence electrons. The van der Waals surface area contributed by atoms with E-state index in [1.165, 1.54) is 25.7 Å². The van der Waals surface area contributed by atoms with Crippen LogP contribution in [-0.4, -0.2) is 61.0 Å². The molecule has 3 rings (SSSR count). The minimum absolute atomic E-state index is 0.00403. The number of carbonyl (C=O) groups is 2. The van der Waals surface area contributed by atoms with Crippen molar-refractivity contribution in [2.24, 2.45) is 11.8 Å². The van der Waals surface area contributed by atoms with Gasteiger partial charge < -0.3 is 14.5 Å². The summed E-state index contributed by atoms with van der Waals surface area (Å²) in [4.78, 5) is 29.4. The van der Waals surface area contributed by atoms with Crippen LogP contribution in [0.15, 0.2) is 0 Å². The largest absolute Gasteiger partial charge is 0.381 e. The first kappa shape index (κ1) is 19.7. The van der Waals surface area contributed by atoms with Crippen LogP contribution in [0.25, 0.3) is 0 Å². The van der Waals surface area contributed by atoms with E-state index in [0.29, 0.717) is 24.9 Å². The number of carbonyl (C=O) groups excluding carboxylic acids is 2. The predicted octanol–water partition coefficient (Wildman–Crippen LogP) is 3.22. The predicted molar refractivity (Wildman–Crippen MR) is 102 cm³/mol. The number of ether oxygens (including phenoxy) is 1. The smallest absolute Gasteiger partial charge is 0.227 e. The molecule has 3 fully saturated rings. The van der Waals surface area contributed by atoms with Crippen LogP contribution >= 0.6 is 0 Å². The molecule has 1 atom stereocenters. The molecular weight excluding hydrogens is 328 g/mol. The molecule has 0 spiro atoms. The van der Waals surface area contributed by atoms with Crippen LogP contribution in [0.1, 0.15) is 70.6 Å². The van der Waals surface area contributed by atoms with Crippen LogP contribution in [-0.2, 0) is 14.3 Å². The number of nitrogens with zero attached hydrogens (tertiary/aromatic N) is 2. The van der Waals surface area contributed by atoms with E-state index >= 15 is 0 Å². The van der Waals surface area contributed by atoms with Gasteiger partial charge in [-0.3, -0.25) is 9.59 Å². The molecule has 0 bridgehead atoms. The van der Waals surface area contributed by atoms with E-state index < -0.39 is 0 Å². The van der Waals surface area contributed by atoms with Crippen LogP contribution in [0.3, 0.4) is 0 Å². The van der Waals surface area contributed by atoms with Gasteiger partial charge in [-0.15, -0.1) is 0 Å². The Morgan fingerprint density at radius 3 is 2.46 bits per heavy atom. The highest BCUT2D eigenvalue weighted by atomic mass is 16.5. The van der Waals surface area contributed by atoms with Gasteiger partial charge in [0, 0.05) is 45.8 Å². The number of hydrogen-bond acceptors (Lipinski definition) is 3. The zero-order valence-electron chi connectivity index (χ0n) is 16.5. The molecule has 1 saturated carbocycles. The summed E-state index contributed by atoms with van der Waals surface area (Å²) in [6.45, 7) is 3.20. The third kappa shape index (κ3) is 5.21. The van der Waals surface area contributed by atoms with Gasteiger partial charge in [0.1, 0.15) is 0 Å². The number of rotatable bonds is 5. The Balaban J connectivity index is 1.50. The zero-order chi connectivity index (χ0) is 18.4.